The van der Waals surface area contributed by atoms with E-state index in [0.717, 1.165) is 0 Å². The van der Waals surface area contributed by atoms with Crippen molar-refractivity contribution in [2.45, 2.75) is 27.2 Å². The molecule has 4 heteroatoms. The summed E-state index contributed by atoms with van der Waals surface area (Å²) in [7, 11) is 0. The molecular weight excluding hydrogens is 264 g/mol. The van der Waals surface area contributed by atoms with Crippen LogP contribution in [0.1, 0.15) is 37.6 Å². The molecule has 1 aromatic carbocycles. The van der Waals surface area contributed by atoms with Gasteiger partial charge >= 0.3 is 0 Å². The van der Waals surface area contributed by atoms with Crippen LogP contribution in [0.5, 0.6) is 0 Å². The van der Waals surface area contributed by atoms with Crippen LogP contribution in [0.4, 0.5) is 0 Å². The third-order valence-corrected chi connectivity index (χ3v) is 3.62. The Balaban J connectivity index is 1.89. The molecule has 1 aliphatic heterocycles. The number of piperazine rings is 1. The van der Waals surface area contributed by atoms with E-state index in [9.17, 15) is 9.59 Å². The molecule has 1 fully saturated rings. The Bertz CT molecular complexity index is 497. The second-order valence-corrected chi connectivity index (χ2v) is 6.78. The van der Waals surface area contributed by atoms with E-state index >= 15 is 0 Å². The summed E-state index contributed by atoms with van der Waals surface area (Å²) in [5, 5.41) is 0. The highest BCUT2D eigenvalue weighted by Gasteiger charge is 2.26. The summed E-state index contributed by atoms with van der Waals surface area (Å²) in [5.74, 6) is 0.243. The van der Waals surface area contributed by atoms with E-state index < -0.39 is 0 Å². The highest BCUT2D eigenvalue weighted by molar-refractivity contribution is 5.94. The Morgan fingerprint density at radius 1 is 0.952 bits per heavy atom. The molecule has 0 bridgehead atoms. The van der Waals surface area contributed by atoms with E-state index in [-0.39, 0.29) is 17.2 Å². The highest BCUT2D eigenvalue weighted by atomic mass is 16.2. The van der Waals surface area contributed by atoms with Gasteiger partial charge in [0.25, 0.3) is 5.91 Å². The van der Waals surface area contributed by atoms with Gasteiger partial charge in [-0.1, -0.05) is 39.0 Å². The SMILES string of the molecule is CC(C)(C)CC(=O)N1CCN(C(=O)c2ccccc2)CC1. The van der Waals surface area contributed by atoms with Gasteiger partial charge in [-0.15, -0.1) is 0 Å². The van der Waals surface area contributed by atoms with Gasteiger partial charge in [0.15, 0.2) is 0 Å². The van der Waals surface area contributed by atoms with E-state index in [2.05, 4.69) is 20.8 Å². The number of carbonyl (C=O) groups excluding carboxylic acids is 2. The third-order valence-electron chi connectivity index (χ3n) is 3.62. The third kappa shape index (κ3) is 4.31. The lowest BCUT2D eigenvalue weighted by Crippen LogP contribution is -2.51. The summed E-state index contributed by atoms with van der Waals surface area (Å²) in [6, 6.07) is 9.31. The van der Waals surface area contributed by atoms with Crippen molar-refractivity contribution in [2.24, 2.45) is 5.41 Å². The average molecular weight is 288 g/mol. The van der Waals surface area contributed by atoms with Crippen LogP contribution in [0, 0.1) is 5.41 Å². The van der Waals surface area contributed by atoms with Gasteiger partial charge in [0, 0.05) is 38.2 Å². The van der Waals surface area contributed by atoms with Crippen molar-refractivity contribution >= 4 is 11.8 Å². The number of benzene rings is 1. The van der Waals surface area contributed by atoms with Crippen molar-refractivity contribution in [3.8, 4) is 0 Å². The quantitative estimate of drug-likeness (QED) is 0.838. The van der Waals surface area contributed by atoms with Gasteiger partial charge < -0.3 is 9.80 Å². The van der Waals surface area contributed by atoms with E-state index in [0.29, 0.717) is 38.2 Å². The fourth-order valence-electron chi connectivity index (χ4n) is 2.49. The minimum atomic E-state index is 0.00801. The van der Waals surface area contributed by atoms with Crippen molar-refractivity contribution in [3.63, 3.8) is 0 Å². The van der Waals surface area contributed by atoms with Gasteiger partial charge in [0.2, 0.25) is 5.91 Å². The highest BCUT2D eigenvalue weighted by Crippen LogP contribution is 2.20. The summed E-state index contributed by atoms with van der Waals surface area (Å²) in [5.41, 5.74) is 0.723. The zero-order chi connectivity index (χ0) is 15.5. The first kappa shape index (κ1) is 15.5. The zero-order valence-corrected chi connectivity index (χ0v) is 13.1. The smallest absolute Gasteiger partial charge is 0.253 e. The molecule has 2 amide bonds. The Hall–Kier alpha value is -1.84. The van der Waals surface area contributed by atoms with Gasteiger partial charge in [0.1, 0.15) is 0 Å². The van der Waals surface area contributed by atoms with Crippen LogP contribution in [0.2, 0.25) is 0 Å². The predicted octanol–water partition coefficient (Wildman–Crippen LogP) is 2.41. The van der Waals surface area contributed by atoms with E-state index in [1.807, 2.05) is 40.1 Å². The molecule has 1 aliphatic rings. The van der Waals surface area contributed by atoms with Crippen LogP contribution in [-0.2, 0) is 4.79 Å². The molecule has 0 spiro atoms. The van der Waals surface area contributed by atoms with Crippen molar-refractivity contribution in [1.82, 2.24) is 9.80 Å². The number of hydrogen-bond acceptors (Lipinski definition) is 2. The monoisotopic (exact) mass is 288 g/mol. The summed E-state index contributed by atoms with van der Waals surface area (Å²) in [4.78, 5) is 28.2. The number of nitrogens with zero attached hydrogens (tertiary/aromatic N) is 2. The zero-order valence-electron chi connectivity index (χ0n) is 13.1. The van der Waals surface area contributed by atoms with Crippen LogP contribution in [0.3, 0.4) is 0 Å². The topological polar surface area (TPSA) is 40.6 Å². The van der Waals surface area contributed by atoms with Crippen molar-refractivity contribution in [3.05, 3.63) is 35.9 Å². The molecule has 0 N–H and O–H groups in total. The number of carbonyl (C=O) groups is 2. The Morgan fingerprint density at radius 3 is 2.00 bits per heavy atom. The second kappa shape index (κ2) is 6.29. The number of hydrogen-bond donors (Lipinski definition) is 0. The Morgan fingerprint density at radius 2 is 1.48 bits per heavy atom. The first-order valence-corrected chi connectivity index (χ1v) is 7.49. The predicted molar refractivity (Wildman–Crippen MR) is 83.0 cm³/mol. The number of amides is 2. The molecule has 1 heterocycles. The molecule has 1 aromatic rings. The summed E-state index contributed by atoms with van der Waals surface area (Å²) < 4.78 is 0. The molecular formula is C17H24N2O2. The minimum absolute atomic E-state index is 0.00801. The minimum Gasteiger partial charge on any atom is -0.339 e. The van der Waals surface area contributed by atoms with Crippen LogP contribution < -0.4 is 0 Å². The maximum atomic E-state index is 12.3. The van der Waals surface area contributed by atoms with Crippen LogP contribution in [-0.4, -0.2) is 47.8 Å². The molecule has 4 nitrogen and oxygen atoms in total. The summed E-state index contributed by atoms with van der Waals surface area (Å²) in [6.07, 6.45) is 0.555. The lowest BCUT2D eigenvalue weighted by atomic mass is 9.91. The maximum Gasteiger partial charge on any atom is 0.253 e. The summed E-state index contributed by atoms with van der Waals surface area (Å²) in [6.45, 7) is 8.70. The average Bonchev–Trinajstić information content (AvgIpc) is 2.46. The first-order valence-electron chi connectivity index (χ1n) is 7.49. The molecule has 1 saturated heterocycles. The normalized spacial score (nSPS) is 16.0. The molecule has 0 aromatic heterocycles. The molecule has 114 valence electrons. The number of rotatable bonds is 2. The molecule has 0 atom stereocenters. The second-order valence-electron chi connectivity index (χ2n) is 6.78. The van der Waals surface area contributed by atoms with Gasteiger partial charge in [-0.3, -0.25) is 9.59 Å². The van der Waals surface area contributed by atoms with Gasteiger partial charge in [0.05, 0.1) is 0 Å². The lowest BCUT2D eigenvalue weighted by Gasteiger charge is -2.36. The molecule has 2 rings (SSSR count). The van der Waals surface area contributed by atoms with E-state index in [4.69, 9.17) is 0 Å². The standard InChI is InChI=1S/C17H24N2O2/c1-17(2,3)13-15(20)18-9-11-19(12-10-18)16(21)14-7-5-4-6-8-14/h4-8H,9-13H2,1-3H3. The maximum absolute atomic E-state index is 12.3. The largest absolute Gasteiger partial charge is 0.339 e. The van der Waals surface area contributed by atoms with E-state index in [1.165, 1.54) is 0 Å². The lowest BCUT2D eigenvalue weighted by molar-refractivity contribution is -0.134. The van der Waals surface area contributed by atoms with Gasteiger partial charge in [-0.25, -0.2) is 0 Å². The first-order chi connectivity index (χ1) is 9.87. The van der Waals surface area contributed by atoms with E-state index in [1.54, 1.807) is 0 Å². The molecule has 21 heavy (non-hydrogen) atoms. The fraction of sp³-hybridized carbons (Fsp3) is 0.529. The van der Waals surface area contributed by atoms with Gasteiger partial charge in [-0.2, -0.15) is 0 Å². The van der Waals surface area contributed by atoms with Crippen molar-refractivity contribution in [1.29, 1.82) is 0 Å². The fourth-order valence-corrected chi connectivity index (χ4v) is 2.49. The van der Waals surface area contributed by atoms with Crippen molar-refractivity contribution in [2.75, 3.05) is 26.2 Å². The molecule has 0 saturated carbocycles. The van der Waals surface area contributed by atoms with Crippen LogP contribution >= 0.6 is 0 Å². The molecule has 0 aliphatic carbocycles. The van der Waals surface area contributed by atoms with Crippen LogP contribution in [0.25, 0.3) is 0 Å². The van der Waals surface area contributed by atoms with Crippen LogP contribution in [0.15, 0.2) is 30.3 Å². The summed E-state index contributed by atoms with van der Waals surface area (Å²) >= 11 is 0. The molecule has 0 radical (unpaired) electrons. The Labute approximate surface area is 126 Å². The van der Waals surface area contributed by atoms with Crippen molar-refractivity contribution < 1.29 is 9.59 Å². The Kier molecular flexibility index (Phi) is 4.66. The van der Waals surface area contributed by atoms with Gasteiger partial charge in [-0.05, 0) is 17.5 Å². The molecule has 0 unspecified atom stereocenters.